The highest BCUT2D eigenvalue weighted by atomic mass is 19.2. The molecule has 174 valence electrons. The first-order valence-electron chi connectivity index (χ1n) is 11.3. The molecule has 1 amide bonds. The zero-order chi connectivity index (χ0) is 23.7. The van der Waals surface area contributed by atoms with Crippen molar-refractivity contribution >= 4 is 22.6 Å². The Morgan fingerprint density at radius 1 is 0.941 bits per heavy atom. The Morgan fingerprint density at radius 2 is 1.71 bits per heavy atom. The number of amides is 1. The Labute approximate surface area is 196 Å². The minimum absolute atomic E-state index is 0.264. The van der Waals surface area contributed by atoms with Gasteiger partial charge in [0.05, 0.1) is 11.8 Å². The molecule has 1 saturated heterocycles. The number of nitrogens with one attached hydrogen (secondary N) is 1. The largest absolute Gasteiger partial charge is 0.463 e. The monoisotopic (exact) mass is 461 g/mol. The lowest BCUT2D eigenvalue weighted by Gasteiger charge is -2.34. The van der Waals surface area contributed by atoms with Gasteiger partial charge in [0.25, 0.3) is 5.91 Å². The van der Waals surface area contributed by atoms with Crippen LogP contribution < -0.4 is 10.2 Å². The quantitative estimate of drug-likeness (QED) is 0.451. The van der Waals surface area contributed by atoms with E-state index in [9.17, 15) is 13.6 Å². The summed E-state index contributed by atoms with van der Waals surface area (Å²) >= 11 is 0. The normalized spacial score (nSPS) is 14.5. The van der Waals surface area contributed by atoms with Gasteiger partial charge < -0.3 is 19.5 Å². The van der Waals surface area contributed by atoms with Gasteiger partial charge in [0.15, 0.2) is 11.6 Å². The summed E-state index contributed by atoms with van der Waals surface area (Å²) in [7, 11) is 2.13. The van der Waals surface area contributed by atoms with Gasteiger partial charge in [0.2, 0.25) is 0 Å². The molecule has 0 aliphatic carbocycles. The van der Waals surface area contributed by atoms with E-state index in [4.69, 9.17) is 4.42 Å². The van der Waals surface area contributed by atoms with Crippen LogP contribution in [-0.2, 0) is 6.54 Å². The van der Waals surface area contributed by atoms with E-state index in [1.165, 1.54) is 18.0 Å². The Balaban J connectivity index is 1.30. The molecule has 34 heavy (non-hydrogen) atoms. The number of halogens is 2. The third-order valence-corrected chi connectivity index (χ3v) is 6.35. The van der Waals surface area contributed by atoms with Gasteiger partial charge in [-0.3, -0.25) is 4.79 Å². The molecule has 1 fully saturated rings. The van der Waals surface area contributed by atoms with Crippen molar-refractivity contribution in [3.63, 3.8) is 0 Å². The molecule has 0 radical (unpaired) electrons. The maximum atomic E-state index is 13.7. The van der Waals surface area contributed by atoms with Crippen LogP contribution in [0.1, 0.15) is 15.9 Å². The number of piperazine rings is 1. The maximum Gasteiger partial charge on any atom is 0.255 e. The van der Waals surface area contributed by atoms with Crippen LogP contribution in [0.4, 0.5) is 14.5 Å². The number of benzene rings is 3. The van der Waals surface area contributed by atoms with Crippen molar-refractivity contribution in [1.82, 2.24) is 10.2 Å². The van der Waals surface area contributed by atoms with Crippen molar-refractivity contribution in [2.45, 2.75) is 6.54 Å². The molecule has 2 heterocycles. The third-order valence-electron chi connectivity index (χ3n) is 6.35. The number of likely N-dealkylation sites (N-methyl/N-ethyl adjacent to an activating group) is 1. The molecule has 1 aliphatic heterocycles. The second-order valence-corrected chi connectivity index (χ2v) is 8.59. The molecular formula is C27H25F2N3O2. The molecule has 4 aromatic rings. The number of carbonyl (C=O) groups is 1. The average Bonchev–Trinajstić information content (AvgIpc) is 3.35. The summed E-state index contributed by atoms with van der Waals surface area (Å²) in [6.45, 7) is 4.50. The maximum absolute atomic E-state index is 13.7. The fourth-order valence-corrected chi connectivity index (χ4v) is 4.32. The Kier molecular flexibility index (Phi) is 6.02. The lowest BCUT2D eigenvalue weighted by molar-refractivity contribution is 0.0951. The van der Waals surface area contributed by atoms with E-state index in [2.05, 4.69) is 34.3 Å². The number of hydrogen-bond donors (Lipinski definition) is 1. The first kappa shape index (κ1) is 22.1. The number of nitrogens with zero attached hydrogens (tertiary/aromatic N) is 2. The van der Waals surface area contributed by atoms with Gasteiger partial charge in [-0.05, 0) is 60.1 Å². The molecule has 3 aromatic carbocycles. The number of fused-ring (bicyclic) bond motifs is 1. The van der Waals surface area contributed by atoms with Crippen LogP contribution in [0.3, 0.4) is 0 Å². The topological polar surface area (TPSA) is 48.7 Å². The van der Waals surface area contributed by atoms with E-state index in [0.29, 0.717) is 34.2 Å². The highest BCUT2D eigenvalue weighted by Crippen LogP contribution is 2.32. The Morgan fingerprint density at radius 3 is 2.44 bits per heavy atom. The smallest absolute Gasteiger partial charge is 0.255 e. The predicted octanol–water partition coefficient (Wildman–Crippen LogP) is 5.06. The highest BCUT2D eigenvalue weighted by molar-refractivity contribution is 6.08. The molecule has 1 aromatic heterocycles. The lowest BCUT2D eigenvalue weighted by Crippen LogP contribution is -2.44. The molecule has 5 rings (SSSR count). The molecular weight excluding hydrogens is 436 g/mol. The van der Waals surface area contributed by atoms with Gasteiger partial charge in [-0.1, -0.05) is 24.3 Å². The molecule has 0 saturated carbocycles. The van der Waals surface area contributed by atoms with Crippen LogP contribution >= 0.6 is 0 Å². The summed E-state index contributed by atoms with van der Waals surface area (Å²) in [5.41, 5.74) is 4.16. The van der Waals surface area contributed by atoms with Gasteiger partial charge in [-0.15, -0.1) is 0 Å². The summed E-state index contributed by atoms with van der Waals surface area (Å²) in [4.78, 5) is 17.6. The summed E-state index contributed by atoms with van der Waals surface area (Å²) in [6, 6.07) is 17.1. The first-order chi connectivity index (χ1) is 16.5. The van der Waals surface area contributed by atoms with E-state index >= 15 is 0 Å². The van der Waals surface area contributed by atoms with Gasteiger partial charge in [0.1, 0.15) is 5.58 Å². The molecule has 5 nitrogen and oxygen atoms in total. The van der Waals surface area contributed by atoms with Crippen molar-refractivity contribution in [2.24, 2.45) is 0 Å². The molecule has 0 spiro atoms. The number of furan rings is 1. The highest BCUT2D eigenvalue weighted by Gasteiger charge is 2.17. The van der Waals surface area contributed by atoms with E-state index in [0.717, 1.165) is 43.9 Å². The van der Waals surface area contributed by atoms with Crippen molar-refractivity contribution < 1.29 is 18.0 Å². The minimum Gasteiger partial charge on any atom is -0.463 e. The standard InChI is InChI=1S/C27H25F2N3O2/c1-31-11-13-32(14-12-31)20-5-2-18(3-6-20)17-30-27(33)23-8-7-21(22-10-15-34-26(22)23)19-4-9-24(28)25(29)16-19/h2-10,15-16H,11-14,17H2,1H3,(H,30,33). The van der Waals surface area contributed by atoms with Gasteiger partial charge in [-0.25, -0.2) is 8.78 Å². The van der Waals surface area contributed by atoms with Crippen molar-refractivity contribution in [3.05, 3.63) is 89.7 Å². The van der Waals surface area contributed by atoms with E-state index in [1.54, 1.807) is 18.2 Å². The molecule has 0 bridgehead atoms. The third kappa shape index (κ3) is 4.39. The van der Waals surface area contributed by atoms with Gasteiger partial charge >= 0.3 is 0 Å². The van der Waals surface area contributed by atoms with Gasteiger partial charge in [-0.2, -0.15) is 0 Å². The molecule has 1 aliphatic rings. The molecule has 0 atom stereocenters. The molecule has 1 N–H and O–H groups in total. The molecule has 7 heteroatoms. The zero-order valence-corrected chi connectivity index (χ0v) is 18.9. The van der Waals surface area contributed by atoms with Gasteiger partial charge in [0, 0.05) is 43.8 Å². The fourth-order valence-electron chi connectivity index (χ4n) is 4.32. The molecule has 0 unspecified atom stereocenters. The second kappa shape index (κ2) is 9.27. The fraction of sp³-hybridized carbons (Fsp3) is 0.222. The number of hydrogen-bond acceptors (Lipinski definition) is 4. The predicted molar refractivity (Wildman–Crippen MR) is 129 cm³/mol. The summed E-state index contributed by atoms with van der Waals surface area (Å²) in [5.74, 6) is -2.09. The average molecular weight is 462 g/mol. The summed E-state index contributed by atoms with van der Waals surface area (Å²) in [5, 5.41) is 3.61. The summed E-state index contributed by atoms with van der Waals surface area (Å²) in [6.07, 6.45) is 1.49. The Hall–Kier alpha value is -3.71. The minimum atomic E-state index is -0.922. The van der Waals surface area contributed by atoms with Crippen LogP contribution in [0.25, 0.3) is 22.1 Å². The van der Waals surface area contributed by atoms with Crippen LogP contribution in [0, 0.1) is 11.6 Å². The van der Waals surface area contributed by atoms with Crippen LogP contribution in [0.5, 0.6) is 0 Å². The van der Waals surface area contributed by atoms with Crippen LogP contribution in [0.15, 0.2) is 71.3 Å². The van der Waals surface area contributed by atoms with Crippen LogP contribution in [0.2, 0.25) is 0 Å². The van der Waals surface area contributed by atoms with E-state index in [-0.39, 0.29) is 5.91 Å². The zero-order valence-electron chi connectivity index (χ0n) is 18.9. The lowest BCUT2D eigenvalue weighted by atomic mass is 9.99. The first-order valence-corrected chi connectivity index (χ1v) is 11.3. The van der Waals surface area contributed by atoms with Crippen molar-refractivity contribution in [3.8, 4) is 11.1 Å². The number of rotatable bonds is 5. The number of carbonyl (C=O) groups excluding carboxylic acids is 1. The SMILES string of the molecule is CN1CCN(c2ccc(CNC(=O)c3ccc(-c4ccc(F)c(F)c4)c4ccoc34)cc2)CC1. The summed E-state index contributed by atoms with van der Waals surface area (Å²) < 4.78 is 32.7. The van der Waals surface area contributed by atoms with E-state index < -0.39 is 11.6 Å². The second-order valence-electron chi connectivity index (χ2n) is 8.59. The number of anilines is 1. The van der Waals surface area contributed by atoms with Crippen molar-refractivity contribution in [1.29, 1.82) is 0 Å². The van der Waals surface area contributed by atoms with Crippen LogP contribution in [-0.4, -0.2) is 44.0 Å². The van der Waals surface area contributed by atoms with E-state index in [1.807, 2.05) is 12.1 Å². The van der Waals surface area contributed by atoms with Crippen molar-refractivity contribution in [2.75, 3.05) is 38.1 Å². The Bertz CT molecular complexity index is 1330.